The second kappa shape index (κ2) is 4.88. The Balaban J connectivity index is 1.30. The summed E-state index contributed by atoms with van der Waals surface area (Å²) in [6.07, 6.45) is 4.87. The Kier molecular flexibility index (Phi) is 3.04. The van der Waals surface area contributed by atoms with Crippen LogP contribution in [0.3, 0.4) is 0 Å². The second-order valence-electron chi connectivity index (χ2n) is 6.70. The number of hydrogen-bond donors (Lipinski definition) is 0. The largest absolute Gasteiger partial charge is 0.302 e. The minimum atomic E-state index is 0.919. The van der Waals surface area contributed by atoms with E-state index in [9.17, 15) is 0 Å². The molecule has 2 aliphatic heterocycles. The molecule has 2 unspecified atom stereocenters. The molecule has 1 saturated carbocycles. The molecule has 2 saturated heterocycles. The maximum absolute atomic E-state index is 4.45. The zero-order valence-corrected chi connectivity index (χ0v) is 11.5. The van der Waals surface area contributed by atoms with E-state index >= 15 is 0 Å². The Morgan fingerprint density at radius 1 is 1.00 bits per heavy atom. The third-order valence-electron chi connectivity index (χ3n) is 4.96. The molecule has 2 atom stereocenters. The van der Waals surface area contributed by atoms with Crippen molar-refractivity contribution in [2.24, 2.45) is 17.8 Å². The molecule has 1 aromatic rings. The van der Waals surface area contributed by atoms with Crippen LogP contribution in [0.2, 0.25) is 0 Å². The van der Waals surface area contributed by atoms with Gasteiger partial charge in [0.2, 0.25) is 0 Å². The first-order valence-electron chi connectivity index (χ1n) is 7.71. The summed E-state index contributed by atoms with van der Waals surface area (Å²) < 4.78 is 0. The van der Waals surface area contributed by atoms with E-state index in [4.69, 9.17) is 0 Å². The molecule has 1 aromatic heterocycles. The van der Waals surface area contributed by atoms with Crippen LogP contribution in [0.1, 0.15) is 18.5 Å². The van der Waals surface area contributed by atoms with Crippen LogP contribution >= 0.6 is 0 Å². The molecule has 3 aliphatic rings. The molecule has 19 heavy (non-hydrogen) atoms. The number of pyridine rings is 1. The van der Waals surface area contributed by atoms with Crippen molar-refractivity contribution < 1.29 is 0 Å². The van der Waals surface area contributed by atoms with Crippen LogP contribution < -0.4 is 0 Å². The lowest BCUT2D eigenvalue weighted by molar-refractivity contribution is 0.244. The van der Waals surface area contributed by atoms with Crippen molar-refractivity contribution in [2.75, 3.05) is 32.7 Å². The van der Waals surface area contributed by atoms with Crippen molar-refractivity contribution in [3.8, 4) is 0 Å². The summed E-state index contributed by atoms with van der Waals surface area (Å²) in [5.41, 5.74) is 1.22. The van der Waals surface area contributed by atoms with Gasteiger partial charge in [-0.2, -0.15) is 0 Å². The van der Waals surface area contributed by atoms with Crippen molar-refractivity contribution in [1.29, 1.82) is 0 Å². The lowest BCUT2D eigenvalue weighted by Gasteiger charge is -2.20. The van der Waals surface area contributed by atoms with Crippen molar-refractivity contribution in [2.45, 2.75) is 19.4 Å². The van der Waals surface area contributed by atoms with E-state index in [1.165, 1.54) is 51.3 Å². The van der Waals surface area contributed by atoms with Gasteiger partial charge < -0.3 is 4.90 Å². The standard InChI is InChI=1S/C16H23N3/c1-2-6-17-16(3-1)12-19-10-14-8-18(7-13-4-5-13)9-15(14)11-19/h1-3,6,13-15H,4-5,7-12H2. The minimum Gasteiger partial charge on any atom is -0.302 e. The van der Waals surface area contributed by atoms with Crippen LogP contribution in [0.15, 0.2) is 24.4 Å². The lowest BCUT2D eigenvalue weighted by Crippen LogP contribution is -2.30. The van der Waals surface area contributed by atoms with Gasteiger partial charge in [-0.25, -0.2) is 0 Å². The normalized spacial score (nSPS) is 31.8. The average Bonchev–Trinajstić information content (AvgIpc) is 3.02. The number of rotatable bonds is 4. The van der Waals surface area contributed by atoms with Crippen molar-refractivity contribution in [3.05, 3.63) is 30.1 Å². The first-order chi connectivity index (χ1) is 9.37. The van der Waals surface area contributed by atoms with Crippen molar-refractivity contribution >= 4 is 0 Å². The number of likely N-dealkylation sites (tertiary alicyclic amines) is 2. The van der Waals surface area contributed by atoms with Crippen molar-refractivity contribution in [1.82, 2.24) is 14.8 Å². The third kappa shape index (κ3) is 2.67. The molecular weight excluding hydrogens is 234 g/mol. The number of nitrogens with zero attached hydrogens (tertiary/aromatic N) is 3. The Morgan fingerprint density at radius 2 is 1.74 bits per heavy atom. The Labute approximate surface area is 115 Å². The second-order valence-corrected chi connectivity index (χ2v) is 6.70. The summed E-state index contributed by atoms with van der Waals surface area (Å²) in [6, 6.07) is 6.24. The van der Waals surface area contributed by atoms with Gasteiger partial charge in [0.25, 0.3) is 0 Å². The molecule has 3 nitrogen and oxygen atoms in total. The molecule has 0 aromatic carbocycles. The molecule has 1 aliphatic carbocycles. The smallest absolute Gasteiger partial charge is 0.0543 e. The highest BCUT2D eigenvalue weighted by molar-refractivity contribution is 5.04. The van der Waals surface area contributed by atoms with E-state index in [1.54, 1.807) is 0 Å². The lowest BCUT2D eigenvalue weighted by atomic mass is 10.0. The van der Waals surface area contributed by atoms with E-state index in [0.717, 1.165) is 24.3 Å². The number of hydrogen-bond acceptors (Lipinski definition) is 3. The van der Waals surface area contributed by atoms with Gasteiger partial charge in [0.1, 0.15) is 0 Å². The SMILES string of the molecule is c1ccc(CN2CC3CN(CC4CC4)CC3C2)nc1. The first kappa shape index (κ1) is 11.9. The summed E-state index contributed by atoms with van der Waals surface area (Å²) in [6.45, 7) is 7.67. The molecule has 3 heteroatoms. The highest BCUT2D eigenvalue weighted by Gasteiger charge is 2.41. The van der Waals surface area contributed by atoms with Gasteiger partial charge in [-0.05, 0) is 42.7 Å². The van der Waals surface area contributed by atoms with Crippen LogP contribution in [0, 0.1) is 17.8 Å². The third-order valence-corrected chi connectivity index (χ3v) is 4.96. The Hall–Kier alpha value is -0.930. The topological polar surface area (TPSA) is 19.4 Å². The predicted molar refractivity (Wildman–Crippen MR) is 75.7 cm³/mol. The van der Waals surface area contributed by atoms with Gasteiger partial charge in [-0.1, -0.05) is 6.07 Å². The molecule has 3 heterocycles. The minimum absolute atomic E-state index is 0.919. The van der Waals surface area contributed by atoms with Crippen LogP contribution in [0.5, 0.6) is 0 Å². The number of aromatic nitrogens is 1. The molecule has 0 bridgehead atoms. The fraction of sp³-hybridized carbons (Fsp3) is 0.688. The quantitative estimate of drug-likeness (QED) is 0.820. The zero-order chi connectivity index (χ0) is 12.7. The summed E-state index contributed by atoms with van der Waals surface area (Å²) in [5.74, 6) is 2.88. The average molecular weight is 257 g/mol. The molecule has 0 radical (unpaired) electrons. The molecule has 4 rings (SSSR count). The van der Waals surface area contributed by atoms with E-state index in [2.05, 4.69) is 26.9 Å². The number of fused-ring (bicyclic) bond motifs is 1. The van der Waals surface area contributed by atoms with Gasteiger partial charge >= 0.3 is 0 Å². The van der Waals surface area contributed by atoms with Crippen molar-refractivity contribution in [3.63, 3.8) is 0 Å². The highest BCUT2D eigenvalue weighted by Crippen LogP contribution is 2.36. The van der Waals surface area contributed by atoms with E-state index in [-0.39, 0.29) is 0 Å². The summed E-state index contributed by atoms with van der Waals surface area (Å²) in [7, 11) is 0. The molecule has 3 fully saturated rings. The molecule has 0 amide bonds. The first-order valence-corrected chi connectivity index (χ1v) is 7.71. The fourth-order valence-corrected chi connectivity index (χ4v) is 3.85. The van der Waals surface area contributed by atoms with E-state index < -0.39 is 0 Å². The van der Waals surface area contributed by atoms with E-state index in [1.807, 2.05) is 12.3 Å². The van der Waals surface area contributed by atoms with Gasteiger partial charge in [0, 0.05) is 45.5 Å². The van der Waals surface area contributed by atoms with Gasteiger partial charge in [-0.15, -0.1) is 0 Å². The summed E-state index contributed by atoms with van der Waals surface area (Å²) in [4.78, 5) is 9.78. The van der Waals surface area contributed by atoms with E-state index in [0.29, 0.717) is 0 Å². The van der Waals surface area contributed by atoms with Crippen LogP contribution in [0.25, 0.3) is 0 Å². The van der Waals surface area contributed by atoms with Crippen LogP contribution in [-0.4, -0.2) is 47.5 Å². The maximum atomic E-state index is 4.45. The fourth-order valence-electron chi connectivity index (χ4n) is 3.85. The summed E-state index contributed by atoms with van der Waals surface area (Å²) >= 11 is 0. The maximum Gasteiger partial charge on any atom is 0.0543 e. The van der Waals surface area contributed by atoms with Gasteiger partial charge in [0.05, 0.1) is 5.69 Å². The Bertz CT molecular complexity index is 415. The highest BCUT2D eigenvalue weighted by atomic mass is 15.2. The zero-order valence-electron chi connectivity index (χ0n) is 11.5. The molecule has 102 valence electrons. The predicted octanol–water partition coefficient (Wildman–Crippen LogP) is 1.86. The molecular formula is C16H23N3. The van der Waals surface area contributed by atoms with Gasteiger partial charge in [-0.3, -0.25) is 9.88 Å². The van der Waals surface area contributed by atoms with Gasteiger partial charge in [0.15, 0.2) is 0 Å². The molecule has 0 spiro atoms. The monoisotopic (exact) mass is 257 g/mol. The summed E-state index contributed by atoms with van der Waals surface area (Å²) in [5, 5.41) is 0. The Morgan fingerprint density at radius 3 is 2.37 bits per heavy atom. The molecule has 0 N–H and O–H groups in total. The van der Waals surface area contributed by atoms with Crippen LogP contribution in [-0.2, 0) is 6.54 Å². The van der Waals surface area contributed by atoms with Crippen LogP contribution in [0.4, 0.5) is 0 Å².